The summed E-state index contributed by atoms with van der Waals surface area (Å²) in [4.78, 5) is 33.9. The summed E-state index contributed by atoms with van der Waals surface area (Å²) in [5, 5.41) is 11.5. The van der Waals surface area contributed by atoms with E-state index in [4.69, 9.17) is 16.3 Å². The fraction of sp³-hybridized carbons (Fsp3) is 0.375. The number of nitrogens with zero attached hydrogens (tertiary/aromatic N) is 3. The molecule has 2 aromatic rings. The molecule has 1 saturated heterocycles. The molecule has 1 atom stereocenters. The minimum absolute atomic E-state index is 0.00176. The van der Waals surface area contributed by atoms with Crippen LogP contribution in [-0.2, 0) is 9.59 Å². The molecule has 1 aliphatic rings. The molecule has 1 amide bonds. The summed E-state index contributed by atoms with van der Waals surface area (Å²) in [5.41, 5.74) is 0.885. The van der Waals surface area contributed by atoms with Crippen molar-refractivity contribution < 1.29 is 19.4 Å². The van der Waals surface area contributed by atoms with Gasteiger partial charge in [0.1, 0.15) is 11.5 Å². The molecule has 32 heavy (non-hydrogen) atoms. The van der Waals surface area contributed by atoms with Gasteiger partial charge in [0.25, 0.3) is 11.7 Å². The lowest BCUT2D eigenvalue weighted by Gasteiger charge is -2.28. The fourth-order valence-electron chi connectivity index (χ4n) is 3.87. The molecule has 0 aliphatic carbocycles. The number of carbonyl (C=O) groups excluding carboxylic acids is 2. The van der Waals surface area contributed by atoms with Crippen LogP contribution in [0.25, 0.3) is 5.76 Å². The second-order valence-corrected chi connectivity index (χ2v) is 7.79. The third kappa shape index (κ3) is 4.79. The van der Waals surface area contributed by atoms with Gasteiger partial charge in [-0.15, -0.1) is 0 Å². The van der Waals surface area contributed by atoms with Crippen LogP contribution in [0, 0.1) is 0 Å². The van der Waals surface area contributed by atoms with Gasteiger partial charge in [-0.25, -0.2) is 0 Å². The Kier molecular flexibility index (Phi) is 7.88. The van der Waals surface area contributed by atoms with Gasteiger partial charge in [0.2, 0.25) is 0 Å². The van der Waals surface area contributed by atoms with Crippen molar-refractivity contribution in [1.82, 2.24) is 14.8 Å². The summed E-state index contributed by atoms with van der Waals surface area (Å²) in [7, 11) is 0. The first-order valence-electron chi connectivity index (χ1n) is 10.8. The molecule has 1 aromatic heterocycles. The molecule has 1 aliphatic heterocycles. The number of ketones is 1. The standard InChI is InChI=1S/C24H28ClN3O4/c1-4-27(5-2)12-13-28-21(16-8-7-11-26-15-16)20(23(30)24(28)31)22(29)18-14-17(32-6-3)9-10-19(18)25/h7-11,14-15,21,29H,4-6,12-13H2,1-3H3/b22-20+. The number of amides is 1. The second-order valence-electron chi connectivity index (χ2n) is 7.38. The first kappa shape index (κ1) is 23.8. The van der Waals surface area contributed by atoms with Crippen molar-refractivity contribution in [3.05, 3.63) is 64.4 Å². The number of hydrogen-bond donors (Lipinski definition) is 1. The van der Waals surface area contributed by atoms with E-state index in [0.29, 0.717) is 31.0 Å². The summed E-state index contributed by atoms with van der Waals surface area (Å²) >= 11 is 6.35. The lowest BCUT2D eigenvalue weighted by atomic mass is 9.96. The van der Waals surface area contributed by atoms with E-state index >= 15 is 0 Å². The van der Waals surface area contributed by atoms with Gasteiger partial charge < -0.3 is 19.6 Å². The molecular formula is C24H28ClN3O4. The van der Waals surface area contributed by atoms with Crippen LogP contribution < -0.4 is 4.74 Å². The molecule has 0 saturated carbocycles. The Hall–Kier alpha value is -2.90. The summed E-state index contributed by atoms with van der Waals surface area (Å²) in [5.74, 6) is -1.21. The zero-order valence-electron chi connectivity index (χ0n) is 18.5. The Labute approximate surface area is 193 Å². The van der Waals surface area contributed by atoms with E-state index in [1.807, 2.05) is 20.8 Å². The smallest absolute Gasteiger partial charge is 0.295 e. The van der Waals surface area contributed by atoms with Crippen molar-refractivity contribution >= 4 is 29.1 Å². The Morgan fingerprint density at radius 3 is 2.59 bits per heavy atom. The van der Waals surface area contributed by atoms with Crippen LogP contribution in [0.5, 0.6) is 5.75 Å². The van der Waals surface area contributed by atoms with Gasteiger partial charge in [-0.05, 0) is 49.8 Å². The summed E-state index contributed by atoms with van der Waals surface area (Å²) < 4.78 is 5.51. The minimum atomic E-state index is -0.758. The molecule has 1 aromatic carbocycles. The van der Waals surface area contributed by atoms with Gasteiger partial charge in [-0.2, -0.15) is 0 Å². The van der Waals surface area contributed by atoms with Gasteiger partial charge in [0.05, 0.1) is 23.2 Å². The Bertz CT molecular complexity index is 1010. The van der Waals surface area contributed by atoms with E-state index < -0.39 is 17.7 Å². The number of benzene rings is 1. The van der Waals surface area contributed by atoms with Crippen LogP contribution in [-0.4, -0.2) is 64.4 Å². The molecule has 1 fully saturated rings. The van der Waals surface area contributed by atoms with Gasteiger partial charge >= 0.3 is 0 Å². The largest absolute Gasteiger partial charge is 0.507 e. The molecule has 0 radical (unpaired) electrons. The first-order chi connectivity index (χ1) is 15.4. The molecule has 2 heterocycles. The van der Waals surface area contributed by atoms with Crippen molar-refractivity contribution in [2.45, 2.75) is 26.8 Å². The van der Waals surface area contributed by atoms with E-state index in [1.165, 1.54) is 4.90 Å². The molecule has 0 spiro atoms. The topological polar surface area (TPSA) is 83.0 Å². The van der Waals surface area contributed by atoms with Crippen LogP contribution in [0.1, 0.15) is 37.9 Å². The molecule has 0 bridgehead atoms. The maximum Gasteiger partial charge on any atom is 0.295 e. The number of ether oxygens (including phenoxy) is 1. The lowest BCUT2D eigenvalue weighted by Crippen LogP contribution is -2.38. The number of pyridine rings is 1. The van der Waals surface area contributed by atoms with Crippen LogP contribution in [0.2, 0.25) is 5.02 Å². The maximum absolute atomic E-state index is 13.1. The monoisotopic (exact) mass is 457 g/mol. The third-order valence-corrected chi connectivity index (χ3v) is 5.93. The second kappa shape index (κ2) is 10.6. The van der Waals surface area contributed by atoms with E-state index in [2.05, 4.69) is 9.88 Å². The molecule has 7 nitrogen and oxygen atoms in total. The molecular weight excluding hydrogens is 430 g/mol. The average molecular weight is 458 g/mol. The number of likely N-dealkylation sites (N-methyl/N-ethyl adjacent to an activating group) is 1. The number of halogens is 1. The van der Waals surface area contributed by atoms with Crippen molar-refractivity contribution in [2.24, 2.45) is 0 Å². The number of aromatic nitrogens is 1. The van der Waals surface area contributed by atoms with Gasteiger partial charge in [0.15, 0.2) is 0 Å². The fourth-order valence-corrected chi connectivity index (χ4v) is 4.08. The van der Waals surface area contributed by atoms with Gasteiger partial charge in [-0.3, -0.25) is 14.6 Å². The van der Waals surface area contributed by atoms with Crippen molar-refractivity contribution in [1.29, 1.82) is 0 Å². The molecule has 1 unspecified atom stereocenters. The summed E-state index contributed by atoms with van der Waals surface area (Å²) in [6.07, 6.45) is 3.22. The van der Waals surface area contributed by atoms with Crippen LogP contribution >= 0.6 is 11.6 Å². The Morgan fingerprint density at radius 1 is 1.22 bits per heavy atom. The highest BCUT2D eigenvalue weighted by molar-refractivity contribution is 6.47. The molecule has 3 rings (SSSR count). The Morgan fingerprint density at radius 2 is 1.97 bits per heavy atom. The number of rotatable bonds is 9. The van der Waals surface area contributed by atoms with Crippen molar-refractivity contribution in [3.63, 3.8) is 0 Å². The highest BCUT2D eigenvalue weighted by Gasteiger charge is 2.46. The van der Waals surface area contributed by atoms with Gasteiger partial charge in [0, 0.05) is 31.0 Å². The number of aliphatic hydroxyl groups excluding tert-OH is 1. The lowest BCUT2D eigenvalue weighted by molar-refractivity contribution is -0.140. The first-order valence-corrected chi connectivity index (χ1v) is 11.1. The van der Waals surface area contributed by atoms with Crippen LogP contribution in [0.4, 0.5) is 0 Å². The number of carbonyl (C=O) groups is 2. The van der Waals surface area contributed by atoms with Crippen molar-refractivity contribution in [3.8, 4) is 5.75 Å². The highest BCUT2D eigenvalue weighted by atomic mass is 35.5. The SMILES string of the molecule is CCOc1ccc(Cl)c(/C(O)=C2\C(=O)C(=O)N(CCN(CC)CC)C2c2cccnc2)c1. The van der Waals surface area contributed by atoms with E-state index in [-0.39, 0.29) is 21.9 Å². The predicted octanol–water partition coefficient (Wildman–Crippen LogP) is 3.90. The quantitative estimate of drug-likeness (QED) is 0.349. The highest BCUT2D eigenvalue weighted by Crippen LogP contribution is 2.40. The van der Waals surface area contributed by atoms with Crippen molar-refractivity contribution in [2.75, 3.05) is 32.8 Å². The Balaban J connectivity index is 2.11. The van der Waals surface area contributed by atoms with E-state index in [1.54, 1.807) is 42.7 Å². The number of Topliss-reactive ketones (excluding diaryl/α,β-unsaturated/α-hetero) is 1. The zero-order valence-corrected chi connectivity index (χ0v) is 19.3. The third-order valence-electron chi connectivity index (χ3n) is 5.60. The normalized spacial score (nSPS) is 17.9. The van der Waals surface area contributed by atoms with Crippen LogP contribution in [0.3, 0.4) is 0 Å². The maximum atomic E-state index is 13.1. The predicted molar refractivity (Wildman–Crippen MR) is 124 cm³/mol. The summed E-state index contributed by atoms with van der Waals surface area (Å²) in [6.45, 7) is 8.99. The molecule has 8 heteroatoms. The van der Waals surface area contributed by atoms with Gasteiger partial charge in [-0.1, -0.05) is 31.5 Å². The molecule has 1 N–H and O–H groups in total. The number of hydrogen-bond acceptors (Lipinski definition) is 6. The number of likely N-dealkylation sites (tertiary alicyclic amines) is 1. The van der Waals surface area contributed by atoms with E-state index in [0.717, 1.165) is 13.1 Å². The zero-order chi connectivity index (χ0) is 23.3. The molecule has 170 valence electrons. The average Bonchev–Trinajstić information content (AvgIpc) is 3.06. The van der Waals surface area contributed by atoms with E-state index in [9.17, 15) is 14.7 Å². The minimum Gasteiger partial charge on any atom is -0.507 e. The van der Waals surface area contributed by atoms with Crippen LogP contribution in [0.15, 0.2) is 48.3 Å². The summed E-state index contributed by atoms with van der Waals surface area (Å²) in [6, 6.07) is 7.62. The number of aliphatic hydroxyl groups is 1.